The van der Waals surface area contributed by atoms with E-state index in [1.165, 1.54) is 0 Å². The van der Waals surface area contributed by atoms with Crippen molar-refractivity contribution in [2.75, 3.05) is 26.7 Å². The third-order valence-electron chi connectivity index (χ3n) is 5.27. The van der Waals surface area contributed by atoms with E-state index < -0.39 is 6.10 Å². The van der Waals surface area contributed by atoms with E-state index in [4.69, 9.17) is 4.74 Å². The molecule has 156 valence electrons. The quantitative estimate of drug-likeness (QED) is 0.537. The van der Waals surface area contributed by atoms with Crippen molar-refractivity contribution >= 4 is 11.7 Å². The summed E-state index contributed by atoms with van der Waals surface area (Å²) in [5.41, 5.74) is 0.770. The minimum absolute atomic E-state index is 0.0421. The van der Waals surface area contributed by atoms with Gasteiger partial charge in [0.1, 0.15) is 17.6 Å². The van der Waals surface area contributed by atoms with Crippen molar-refractivity contribution in [2.45, 2.75) is 64.0 Å². The second-order valence-corrected chi connectivity index (χ2v) is 7.66. The molecule has 1 fully saturated rings. The molecule has 6 heteroatoms. The predicted octanol–water partition coefficient (Wildman–Crippen LogP) is 2.85. The van der Waals surface area contributed by atoms with Gasteiger partial charge in [0.15, 0.2) is 0 Å². The van der Waals surface area contributed by atoms with Crippen molar-refractivity contribution in [1.29, 1.82) is 0 Å². The summed E-state index contributed by atoms with van der Waals surface area (Å²) in [6.07, 6.45) is 5.00. The smallest absolute Gasteiger partial charge is 0.220 e. The lowest BCUT2D eigenvalue weighted by atomic mass is 10.0. The molecule has 1 aromatic carbocycles. The lowest BCUT2D eigenvalue weighted by molar-refractivity contribution is -0.123. The number of rotatable bonds is 12. The number of aliphatic hydroxyl groups excluding tert-OH is 1. The molecule has 28 heavy (non-hydrogen) atoms. The normalized spacial score (nSPS) is 16.5. The molecule has 1 amide bonds. The van der Waals surface area contributed by atoms with Crippen LogP contribution in [-0.4, -0.2) is 54.5 Å². The van der Waals surface area contributed by atoms with Crippen LogP contribution in [0.15, 0.2) is 24.3 Å². The minimum Gasteiger partial charge on any atom is -0.497 e. The fourth-order valence-corrected chi connectivity index (χ4v) is 3.62. The van der Waals surface area contributed by atoms with Gasteiger partial charge in [-0.2, -0.15) is 0 Å². The van der Waals surface area contributed by atoms with Crippen LogP contribution in [0.4, 0.5) is 0 Å². The van der Waals surface area contributed by atoms with E-state index in [9.17, 15) is 14.7 Å². The summed E-state index contributed by atoms with van der Waals surface area (Å²) < 4.78 is 5.18. The zero-order chi connectivity index (χ0) is 20.4. The van der Waals surface area contributed by atoms with Gasteiger partial charge in [0.25, 0.3) is 0 Å². The van der Waals surface area contributed by atoms with Gasteiger partial charge in [-0.25, -0.2) is 0 Å². The standard InChI is InChI=1S/C22H34N2O4/c1-17(25)8-4-3-5-9-21(26)23-20(16-24-14-6-7-15-24)22(27)18-10-12-19(28-2)13-11-18/h10-13,20,22,27H,3-9,14-16H2,1-2H3,(H,23,26)/t20-,22-/m1/s1. The monoisotopic (exact) mass is 390 g/mol. The number of Topliss-reactive ketones (excluding diaryl/α,β-unsaturated/α-hetero) is 1. The fraction of sp³-hybridized carbons (Fsp3) is 0.636. The first-order valence-electron chi connectivity index (χ1n) is 10.3. The number of carbonyl (C=O) groups is 2. The number of nitrogens with one attached hydrogen (secondary N) is 1. The van der Waals surface area contributed by atoms with Crippen LogP contribution in [0.1, 0.15) is 63.5 Å². The molecule has 2 N–H and O–H groups in total. The summed E-state index contributed by atoms with van der Waals surface area (Å²) in [7, 11) is 1.61. The van der Waals surface area contributed by atoms with Crippen LogP contribution < -0.4 is 10.1 Å². The largest absolute Gasteiger partial charge is 0.497 e. The SMILES string of the molecule is COc1ccc([C@@H](O)[C@@H](CN2CCCC2)NC(=O)CCCCCC(C)=O)cc1. The number of likely N-dealkylation sites (tertiary alicyclic amines) is 1. The Morgan fingerprint density at radius 1 is 1.11 bits per heavy atom. The molecule has 6 nitrogen and oxygen atoms in total. The molecule has 0 spiro atoms. The van der Waals surface area contributed by atoms with Gasteiger partial charge in [0.2, 0.25) is 5.91 Å². The number of amides is 1. The van der Waals surface area contributed by atoms with Crippen molar-refractivity contribution in [1.82, 2.24) is 10.2 Å². The first-order chi connectivity index (χ1) is 13.5. The number of hydrogen-bond acceptors (Lipinski definition) is 5. The highest BCUT2D eigenvalue weighted by atomic mass is 16.5. The molecule has 1 aromatic rings. The molecule has 0 radical (unpaired) electrons. The summed E-state index contributed by atoms with van der Waals surface area (Å²) in [5.74, 6) is 0.888. The highest BCUT2D eigenvalue weighted by molar-refractivity contribution is 5.76. The Morgan fingerprint density at radius 3 is 2.36 bits per heavy atom. The molecule has 1 aliphatic heterocycles. The second-order valence-electron chi connectivity index (χ2n) is 7.66. The highest BCUT2D eigenvalue weighted by Crippen LogP contribution is 2.22. The molecule has 1 saturated heterocycles. The summed E-state index contributed by atoms with van der Waals surface area (Å²) in [4.78, 5) is 25.7. The van der Waals surface area contributed by atoms with E-state index >= 15 is 0 Å². The number of ketones is 1. The summed E-state index contributed by atoms with van der Waals surface area (Å²) in [5, 5.41) is 13.9. The van der Waals surface area contributed by atoms with E-state index in [0.29, 0.717) is 19.4 Å². The van der Waals surface area contributed by atoms with Crippen LogP contribution >= 0.6 is 0 Å². The van der Waals surface area contributed by atoms with Crippen LogP contribution in [0, 0.1) is 0 Å². The van der Waals surface area contributed by atoms with Crippen molar-refractivity contribution < 1.29 is 19.4 Å². The summed E-state index contributed by atoms with van der Waals surface area (Å²) >= 11 is 0. The van der Waals surface area contributed by atoms with Crippen molar-refractivity contribution in [3.8, 4) is 5.75 Å². The number of nitrogens with zero attached hydrogens (tertiary/aromatic N) is 1. The topological polar surface area (TPSA) is 78.9 Å². The van der Waals surface area contributed by atoms with E-state index in [2.05, 4.69) is 10.2 Å². The number of carbonyl (C=O) groups excluding carboxylic acids is 2. The van der Waals surface area contributed by atoms with Gasteiger partial charge < -0.3 is 24.9 Å². The van der Waals surface area contributed by atoms with Crippen LogP contribution in [-0.2, 0) is 9.59 Å². The first-order valence-corrected chi connectivity index (χ1v) is 10.3. The van der Waals surface area contributed by atoms with Gasteiger partial charge >= 0.3 is 0 Å². The molecule has 0 saturated carbocycles. The third-order valence-corrected chi connectivity index (χ3v) is 5.27. The Balaban J connectivity index is 1.91. The maximum atomic E-state index is 12.4. The molecule has 2 atom stereocenters. The van der Waals surface area contributed by atoms with Gasteiger partial charge in [-0.15, -0.1) is 0 Å². The number of aliphatic hydroxyl groups is 1. The minimum atomic E-state index is -0.770. The highest BCUT2D eigenvalue weighted by Gasteiger charge is 2.26. The second kappa shape index (κ2) is 11.8. The summed E-state index contributed by atoms with van der Waals surface area (Å²) in [6, 6.07) is 6.98. The molecular formula is C22H34N2O4. The average Bonchev–Trinajstić information content (AvgIpc) is 3.19. The Bertz CT molecular complexity index is 611. The number of ether oxygens (including phenoxy) is 1. The molecule has 0 unspecified atom stereocenters. The molecule has 1 aliphatic rings. The van der Waals surface area contributed by atoms with E-state index in [0.717, 1.165) is 56.5 Å². The molecule has 0 aromatic heterocycles. The van der Waals surface area contributed by atoms with Gasteiger partial charge in [0, 0.05) is 19.4 Å². The van der Waals surface area contributed by atoms with Gasteiger partial charge in [-0.3, -0.25) is 4.79 Å². The molecule has 1 heterocycles. The number of methoxy groups -OCH3 is 1. The lowest BCUT2D eigenvalue weighted by Gasteiger charge is -2.29. The fourth-order valence-electron chi connectivity index (χ4n) is 3.62. The third kappa shape index (κ3) is 7.60. The maximum absolute atomic E-state index is 12.4. The zero-order valence-corrected chi connectivity index (χ0v) is 17.2. The number of hydrogen-bond donors (Lipinski definition) is 2. The molecular weight excluding hydrogens is 356 g/mol. The Morgan fingerprint density at radius 2 is 1.75 bits per heavy atom. The number of benzene rings is 1. The lowest BCUT2D eigenvalue weighted by Crippen LogP contribution is -2.46. The van der Waals surface area contributed by atoms with Crippen molar-refractivity contribution in [3.05, 3.63) is 29.8 Å². The number of unbranched alkanes of at least 4 members (excludes halogenated alkanes) is 2. The van der Waals surface area contributed by atoms with E-state index in [-0.39, 0.29) is 17.7 Å². The van der Waals surface area contributed by atoms with Crippen LogP contribution in [0.25, 0.3) is 0 Å². The van der Waals surface area contributed by atoms with Crippen molar-refractivity contribution in [3.63, 3.8) is 0 Å². The van der Waals surface area contributed by atoms with E-state index in [1.54, 1.807) is 14.0 Å². The Kier molecular flexibility index (Phi) is 9.44. The Labute approximate surface area is 168 Å². The molecule has 2 rings (SSSR count). The van der Waals surface area contributed by atoms with Gasteiger partial charge in [-0.1, -0.05) is 18.6 Å². The van der Waals surface area contributed by atoms with Crippen LogP contribution in [0.3, 0.4) is 0 Å². The molecule has 0 bridgehead atoms. The van der Waals surface area contributed by atoms with Crippen molar-refractivity contribution in [2.24, 2.45) is 0 Å². The predicted molar refractivity (Wildman–Crippen MR) is 109 cm³/mol. The van der Waals surface area contributed by atoms with E-state index in [1.807, 2.05) is 24.3 Å². The van der Waals surface area contributed by atoms with Gasteiger partial charge in [-0.05, 0) is 63.4 Å². The van der Waals surface area contributed by atoms with Crippen LogP contribution in [0.2, 0.25) is 0 Å². The van der Waals surface area contributed by atoms with Crippen LogP contribution in [0.5, 0.6) is 5.75 Å². The Hall–Kier alpha value is -1.92. The zero-order valence-electron chi connectivity index (χ0n) is 17.2. The first kappa shape index (κ1) is 22.4. The maximum Gasteiger partial charge on any atom is 0.220 e. The average molecular weight is 391 g/mol. The summed E-state index contributed by atoms with van der Waals surface area (Å²) in [6.45, 7) is 4.25. The molecule has 0 aliphatic carbocycles. The van der Waals surface area contributed by atoms with Gasteiger partial charge in [0.05, 0.1) is 13.2 Å².